The van der Waals surface area contributed by atoms with E-state index in [2.05, 4.69) is 6.92 Å². The van der Waals surface area contributed by atoms with Crippen molar-refractivity contribution in [3.63, 3.8) is 0 Å². The number of hydrogen-bond acceptors (Lipinski definition) is 6. The van der Waals surface area contributed by atoms with Crippen molar-refractivity contribution >= 4 is 17.9 Å². The molecule has 0 bridgehead atoms. The number of imide groups is 1. The summed E-state index contributed by atoms with van der Waals surface area (Å²) in [5, 5.41) is 9.58. The minimum atomic E-state index is -0.558. The SMILES string of the molecule is CCCCCOc1ccc(/C=C2/C(=O)N(CCCOC(C)C)C(=O)C(C#N)=C2C)cc1OCC. The van der Waals surface area contributed by atoms with Crippen LogP contribution in [0.25, 0.3) is 6.08 Å². The average Bonchev–Trinajstić information content (AvgIpc) is 2.80. The largest absolute Gasteiger partial charge is 0.490 e. The highest BCUT2D eigenvalue weighted by molar-refractivity contribution is 6.19. The maximum absolute atomic E-state index is 13.2. The Hall–Kier alpha value is -3.11. The van der Waals surface area contributed by atoms with Crippen molar-refractivity contribution < 1.29 is 23.8 Å². The van der Waals surface area contributed by atoms with Gasteiger partial charge in [0.25, 0.3) is 11.8 Å². The van der Waals surface area contributed by atoms with Crippen LogP contribution in [0.1, 0.15) is 65.9 Å². The van der Waals surface area contributed by atoms with Crippen LogP contribution < -0.4 is 9.47 Å². The fourth-order valence-corrected chi connectivity index (χ4v) is 3.58. The number of carbonyl (C=O) groups excluding carboxylic acids is 2. The summed E-state index contributed by atoms with van der Waals surface area (Å²) in [7, 11) is 0. The summed E-state index contributed by atoms with van der Waals surface area (Å²) in [4.78, 5) is 27.1. The van der Waals surface area contributed by atoms with Gasteiger partial charge in [-0.2, -0.15) is 5.26 Å². The molecule has 0 aliphatic carbocycles. The number of amides is 2. The molecular formula is C27H36N2O5. The zero-order valence-corrected chi connectivity index (χ0v) is 21.0. The summed E-state index contributed by atoms with van der Waals surface area (Å²) in [5.74, 6) is 0.279. The molecule has 0 saturated heterocycles. The normalized spacial score (nSPS) is 15.3. The molecule has 7 nitrogen and oxygen atoms in total. The predicted octanol–water partition coefficient (Wildman–Crippen LogP) is 5.06. The zero-order chi connectivity index (χ0) is 25.1. The molecule has 184 valence electrons. The first kappa shape index (κ1) is 27.1. The van der Waals surface area contributed by atoms with E-state index in [0.29, 0.717) is 48.9 Å². The van der Waals surface area contributed by atoms with Crippen LogP contribution in [-0.2, 0) is 14.3 Å². The molecule has 0 unspecified atom stereocenters. The highest BCUT2D eigenvalue weighted by atomic mass is 16.5. The Kier molecular flexibility index (Phi) is 10.8. The van der Waals surface area contributed by atoms with Gasteiger partial charge in [-0.15, -0.1) is 0 Å². The molecular weight excluding hydrogens is 432 g/mol. The monoisotopic (exact) mass is 468 g/mol. The van der Waals surface area contributed by atoms with E-state index in [9.17, 15) is 14.9 Å². The van der Waals surface area contributed by atoms with Gasteiger partial charge in [0.05, 0.1) is 19.3 Å². The molecule has 2 amide bonds. The van der Waals surface area contributed by atoms with Crippen molar-refractivity contribution in [1.82, 2.24) is 4.90 Å². The van der Waals surface area contributed by atoms with Crippen LogP contribution in [-0.4, -0.2) is 49.2 Å². The molecule has 1 aliphatic rings. The van der Waals surface area contributed by atoms with Crippen LogP contribution in [0.3, 0.4) is 0 Å². The van der Waals surface area contributed by atoms with Gasteiger partial charge in [0.1, 0.15) is 11.6 Å². The van der Waals surface area contributed by atoms with Gasteiger partial charge in [-0.3, -0.25) is 14.5 Å². The second-order valence-corrected chi connectivity index (χ2v) is 8.40. The summed E-state index contributed by atoms with van der Waals surface area (Å²) < 4.78 is 17.2. The molecule has 1 heterocycles. The maximum atomic E-state index is 13.2. The maximum Gasteiger partial charge on any atom is 0.271 e. The zero-order valence-electron chi connectivity index (χ0n) is 21.0. The van der Waals surface area contributed by atoms with Crippen LogP contribution in [0.5, 0.6) is 11.5 Å². The Morgan fingerprint density at radius 2 is 1.79 bits per heavy atom. The van der Waals surface area contributed by atoms with Crippen molar-refractivity contribution in [3.05, 3.63) is 40.5 Å². The van der Waals surface area contributed by atoms with E-state index < -0.39 is 11.8 Å². The Morgan fingerprint density at radius 3 is 2.44 bits per heavy atom. The molecule has 0 atom stereocenters. The summed E-state index contributed by atoms with van der Waals surface area (Å²) >= 11 is 0. The van der Waals surface area contributed by atoms with E-state index in [1.807, 2.05) is 45.0 Å². The molecule has 0 aromatic heterocycles. The van der Waals surface area contributed by atoms with Crippen LogP contribution in [0.2, 0.25) is 0 Å². The number of nitriles is 1. The number of hydrogen-bond donors (Lipinski definition) is 0. The Balaban J connectivity index is 2.32. The molecule has 2 rings (SSSR count). The van der Waals surface area contributed by atoms with E-state index >= 15 is 0 Å². The minimum Gasteiger partial charge on any atom is -0.490 e. The Bertz CT molecular complexity index is 972. The lowest BCUT2D eigenvalue weighted by molar-refractivity contribution is -0.140. The van der Waals surface area contributed by atoms with Crippen LogP contribution in [0, 0.1) is 11.3 Å². The lowest BCUT2D eigenvalue weighted by atomic mass is 9.93. The Labute approximate surface area is 203 Å². The Morgan fingerprint density at radius 1 is 1.03 bits per heavy atom. The summed E-state index contributed by atoms with van der Waals surface area (Å²) in [6.45, 7) is 11.2. The highest BCUT2D eigenvalue weighted by Crippen LogP contribution is 2.32. The number of unbranched alkanes of at least 4 members (excludes halogenated alkanes) is 2. The smallest absolute Gasteiger partial charge is 0.271 e. The van der Waals surface area contributed by atoms with Gasteiger partial charge in [-0.25, -0.2) is 0 Å². The number of nitrogens with zero attached hydrogens (tertiary/aromatic N) is 2. The second kappa shape index (κ2) is 13.6. The van der Waals surface area contributed by atoms with Gasteiger partial charge < -0.3 is 14.2 Å². The van der Waals surface area contributed by atoms with Gasteiger partial charge >= 0.3 is 0 Å². The number of ether oxygens (including phenoxy) is 3. The lowest BCUT2D eigenvalue weighted by Gasteiger charge is -2.27. The number of carbonyl (C=O) groups is 2. The van der Waals surface area contributed by atoms with Crippen molar-refractivity contribution in [1.29, 1.82) is 5.26 Å². The molecule has 0 radical (unpaired) electrons. The lowest BCUT2D eigenvalue weighted by Crippen LogP contribution is -2.43. The summed E-state index contributed by atoms with van der Waals surface area (Å²) in [5.41, 5.74) is 1.41. The first-order valence-corrected chi connectivity index (χ1v) is 12.0. The predicted molar refractivity (Wildman–Crippen MR) is 131 cm³/mol. The van der Waals surface area contributed by atoms with E-state index in [-0.39, 0.29) is 18.2 Å². The van der Waals surface area contributed by atoms with Crippen molar-refractivity contribution in [2.45, 2.75) is 66.4 Å². The van der Waals surface area contributed by atoms with Gasteiger partial charge in [-0.05, 0) is 69.9 Å². The summed E-state index contributed by atoms with van der Waals surface area (Å²) in [6, 6.07) is 7.46. The van der Waals surface area contributed by atoms with E-state index in [0.717, 1.165) is 29.7 Å². The topological polar surface area (TPSA) is 88.9 Å². The third-order valence-electron chi connectivity index (χ3n) is 5.39. The van der Waals surface area contributed by atoms with Crippen LogP contribution >= 0.6 is 0 Å². The van der Waals surface area contributed by atoms with Crippen molar-refractivity contribution in [3.8, 4) is 17.6 Å². The fourth-order valence-electron chi connectivity index (χ4n) is 3.58. The van der Waals surface area contributed by atoms with Gasteiger partial charge in [0, 0.05) is 18.7 Å². The van der Waals surface area contributed by atoms with E-state index in [4.69, 9.17) is 14.2 Å². The third kappa shape index (κ3) is 7.19. The molecule has 0 fully saturated rings. The third-order valence-corrected chi connectivity index (χ3v) is 5.39. The molecule has 1 aromatic carbocycles. The van der Waals surface area contributed by atoms with Gasteiger partial charge in [0.2, 0.25) is 0 Å². The standard InChI is InChI=1S/C27H36N2O5/c1-6-8-9-14-34-24-12-11-21(17-25(24)32-7-2)16-22-20(5)23(18-28)27(31)29(26(22)30)13-10-15-33-19(3)4/h11-12,16-17,19H,6-10,13-15H2,1-5H3/b22-16+. The molecule has 0 saturated carbocycles. The van der Waals surface area contributed by atoms with E-state index in [1.54, 1.807) is 13.0 Å². The first-order chi connectivity index (χ1) is 16.3. The average molecular weight is 469 g/mol. The van der Waals surface area contributed by atoms with Crippen molar-refractivity contribution in [2.24, 2.45) is 0 Å². The molecule has 0 N–H and O–H groups in total. The first-order valence-electron chi connectivity index (χ1n) is 12.0. The van der Waals surface area contributed by atoms with Gasteiger partial charge in [0.15, 0.2) is 11.5 Å². The molecule has 1 aliphatic heterocycles. The van der Waals surface area contributed by atoms with Crippen LogP contribution in [0.15, 0.2) is 34.9 Å². The molecule has 1 aromatic rings. The summed E-state index contributed by atoms with van der Waals surface area (Å²) in [6.07, 6.45) is 5.45. The highest BCUT2D eigenvalue weighted by Gasteiger charge is 2.35. The van der Waals surface area contributed by atoms with Gasteiger partial charge in [-0.1, -0.05) is 25.8 Å². The quantitative estimate of drug-likeness (QED) is 0.228. The molecule has 0 spiro atoms. The van der Waals surface area contributed by atoms with Crippen molar-refractivity contribution in [2.75, 3.05) is 26.4 Å². The second-order valence-electron chi connectivity index (χ2n) is 8.40. The number of benzene rings is 1. The molecule has 7 heteroatoms. The van der Waals surface area contributed by atoms with Crippen LogP contribution in [0.4, 0.5) is 0 Å². The fraction of sp³-hybridized carbons (Fsp3) is 0.519. The molecule has 34 heavy (non-hydrogen) atoms. The number of rotatable bonds is 13. The van der Waals surface area contributed by atoms with E-state index in [1.165, 1.54) is 0 Å². The minimum absolute atomic E-state index is 0.0171.